The Bertz CT molecular complexity index is 474. The van der Waals surface area contributed by atoms with E-state index < -0.39 is 11.5 Å². The maximum atomic E-state index is 13.0. The van der Waals surface area contributed by atoms with Gasteiger partial charge in [0, 0.05) is 6.42 Å². The summed E-state index contributed by atoms with van der Waals surface area (Å²) in [5.41, 5.74) is 5.54. The topological polar surface area (TPSA) is 61.5 Å². The van der Waals surface area contributed by atoms with Gasteiger partial charge in [-0.3, -0.25) is 4.79 Å². The molecule has 1 aromatic rings. The summed E-state index contributed by atoms with van der Waals surface area (Å²) in [6.45, 7) is 7.21. The molecule has 2 N–H and O–H groups in total. The van der Waals surface area contributed by atoms with E-state index in [-0.39, 0.29) is 18.5 Å². The van der Waals surface area contributed by atoms with Crippen LogP contribution in [0.4, 0.5) is 4.39 Å². The molecule has 0 saturated carbocycles. The van der Waals surface area contributed by atoms with Crippen LogP contribution in [0.5, 0.6) is 5.75 Å². The lowest BCUT2D eigenvalue weighted by molar-refractivity contribution is -0.149. The molecule has 0 aromatic heterocycles. The van der Waals surface area contributed by atoms with Crippen LogP contribution >= 0.6 is 0 Å². The van der Waals surface area contributed by atoms with Crippen LogP contribution in [0.15, 0.2) is 18.2 Å². The highest BCUT2D eigenvalue weighted by Crippen LogP contribution is 2.22. The molecule has 0 heterocycles. The van der Waals surface area contributed by atoms with Gasteiger partial charge in [0.25, 0.3) is 0 Å². The minimum Gasteiger partial charge on any atom is -0.490 e. The highest BCUT2D eigenvalue weighted by Gasteiger charge is 2.32. The number of hydrogen-bond acceptors (Lipinski definition) is 4. The van der Waals surface area contributed by atoms with Crippen LogP contribution in [0.25, 0.3) is 0 Å². The Balaban J connectivity index is 2.67. The van der Waals surface area contributed by atoms with Crippen molar-refractivity contribution in [2.75, 3.05) is 6.61 Å². The van der Waals surface area contributed by atoms with Crippen molar-refractivity contribution in [1.82, 2.24) is 0 Å². The third kappa shape index (κ3) is 4.49. The lowest BCUT2D eigenvalue weighted by Gasteiger charge is -2.26. The van der Waals surface area contributed by atoms with Crippen LogP contribution in [-0.2, 0) is 9.53 Å². The van der Waals surface area contributed by atoms with Gasteiger partial charge >= 0.3 is 5.97 Å². The first-order valence-corrected chi connectivity index (χ1v) is 6.65. The Morgan fingerprint density at radius 1 is 1.50 bits per heavy atom. The zero-order valence-corrected chi connectivity index (χ0v) is 12.4. The summed E-state index contributed by atoms with van der Waals surface area (Å²) < 4.78 is 23.6. The van der Waals surface area contributed by atoms with E-state index >= 15 is 0 Å². The summed E-state index contributed by atoms with van der Waals surface area (Å²) in [5, 5.41) is 0. The SMILES string of the molecule is CCOC(=O)C(C)(N)CC(C)Oc1ccc(F)cc1C. The van der Waals surface area contributed by atoms with Gasteiger partial charge in [0.05, 0.1) is 12.7 Å². The minimum absolute atomic E-state index is 0.290. The molecule has 0 spiro atoms. The Morgan fingerprint density at radius 3 is 2.70 bits per heavy atom. The third-order valence-electron chi connectivity index (χ3n) is 2.92. The molecule has 0 amide bonds. The highest BCUT2D eigenvalue weighted by molar-refractivity contribution is 5.80. The second-order valence-corrected chi connectivity index (χ2v) is 5.18. The number of halogens is 1. The van der Waals surface area contributed by atoms with Crippen LogP contribution < -0.4 is 10.5 Å². The second-order valence-electron chi connectivity index (χ2n) is 5.18. The molecule has 5 heteroatoms. The van der Waals surface area contributed by atoms with Gasteiger partial charge in [0.15, 0.2) is 0 Å². The van der Waals surface area contributed by atoms with Crippen molar-refractivity contribution >= 4 is 5.97 Å². The van der Waals surface area contributed by atoms with Crippen molar-refractivity contribution in [2.24, 2.45) is 5.73 Å². The van der Waals surface area contributed by atoms with Gasteiger partial charge in [-0.2, -0.15) is 0 Å². The zero-order chi connectivity index (χ0) is 15.3. The summed E-state index contributed by atoms with van der Waals surface area (Å²) in [6.07, 6.45) is 0.0152. The molecule has 0 saturated heterocycles. The molecule has 0 radical (unpaired) electrons. The molecule has 0 bridgehead atoms. The van der Waals surface area contributed by atoms with Gasteiger partial charge in [-0.1, -0.05) is 0 Å². The molecule has 4 nitrogen and oxygen atoms in total. The monoisotopic (exact) mass is 283 g/mol. The largest absolute Gasteiger partial charge is 0.490 e. The molecule has 0 aliphatic heterocycles. The van der Waals surface area contributed by atoms with Gasteiger partial charge in [-0.25, -0.2) is 4.39 Å². The van der Waals surface area contributed by atoms with Crippen LogP contribution in [0.3, 0.4) is 0 Å². The average Bonchev–Trinajstić information content (AvgIpc) is 2.32. The normalized spacial score (nSPS) is 15.3. The number of carbonyl (C=O) groups is 1. The number of carbonyl (C=O) groups excluding carboxylic acids is 1. The quantitative estimate of drug-likeness (QED) is 0.815. The summed E-state index contributed by atoms with van der Waals surface area (Å²) in [4.78, 5) is 11.7. The van der Waals surface area contributed by atoms with E-state index in [1.54, 1.807) is 26.8 Å². The van der Waals surface area contributed by atoms with E-state index in [9.17, 15) is 9.18 Å². The molecule has 0 fully saturated rings. The first kappa shape index (κ1) is 16.4. The van der Waals surface area contributed by atoms with Crippen LogP contribution in [0.2, 0.25) is 0 Å². The Hall–Kier alpha value is -1.62. The minimum atomic E-state index is -1.11. The molecule has 0 aliphatic carbocycles. The van der Waals surface area contributed by atoms with Gasteiger partial charge in [-0.05, 0) is 51.5 Å². The van der Waals surface area contributed by atoms with Crippen molar-refractivity contribution < 1.29 is 18.7 Å². The van der Waals surface area contributed by atoms with E-state index in [0.717, 1.165) is 0 Å². The molecule has 0 aliphatic rings. The molecule has 20 heavy (non-hydrogen) atoms. The van der Waals surface area contributed by atoms with Crippen LogP contribution in [0.1, 0.15) is 32.8 Å². The Kier molecular flexibility index (Phi) is 5.51. The highest BCUT2D eigenvalue weighted by atomic mass is 19.1. The van der Waals surface area contributed by atoms with Crippen LogP contribution in [-0.4, -0.2) is 24.2 Å². The molecule has 1 rings (SSSR count). The number of benzene rings is 1. The van der Waals surface area contributed by atoms with Gasteiger partial charge in [0.2, 0.25) is 0 Å². The van der Waals surface area contributed by atoms with Crippen molar-refractivity contribution in [3.63, 3.8) is 0 Å². The number of rotatable bonds is 6. The van der Waals surface area contributed by atoms with Crippen molar-refractivity contribution in [3.05, 3.63) is 29.6 Å². The van der Waals surface area contributed by atoms with E-state index in [4.69, 9.17) is 15.2 Å². The van der Waals surface area contributed by atoms with Crippen LogP contribution in [0, 0.1) is 12.7 Å². The fourth-order valence-corrected chi connectivity index (χ4v) is 1.98. The number of ether oxygens (including phenoxy) is 2. The molecular formula is C15H22FNO3. The van der Waals surface area contributed by atoms with Gasteiger partial charge < -0.3 is 15.2 Å². The molecule has 2 unspecified atom stereocenters. The van der Waals surface area contributed by atoms with E-state index in [2.05, 4.69) is 0 Å². The van der Waals surface area contributed by atoms with Gasteiger partial charge in [0.1, 0.15) is 17.1 Å². The van der Waals surface area contributed by atoms with Crippen molar-refractivity contribution in [2.45, 2.75) is 45.8 Å². The third-order valence-corrected chi connectivity index (χ3v) is 2.92. The lowest BCUT2D eigenvalue weighted by atomic mass is 9.96. The first-order chi connectivity index (χ1) is 9.26. The standard InChI is InChI=1S/C15H22FNO3/c1-5-19-14(18)15(4,17)9-11(3)20-13-7-6-12(16)8-10(13)2/h6-8,11H,5,9,17H2,1-4H3. The summed E-state index contributed by atoms with van der Waals surface area (Å²) in [6, 6.07) is 4.30. The van der Waals surface area contributed by atoms with E-state index in [0.29, 0.717) is 17.7 Å². The molecule has 2 atom stereocenters. The molecule has 112 valence electrons. The maximum Gasteiger partial charge on any atom is 0.325 e. The number of esters is 1. The van der Waals surface area contributed by atoms with Crippen molar-refractivity contribution in [1.29, 1.82) is 0 Å². The summed E-state index contributed by atoms with van der Waals surface area (Å²) in [5.74, 6) is -0.178. The number of aryl methyl sites for hydroxylation is 1. The summed E-state index contributed by atoms with van der Waals surface area (Å²) in [7, 11) is 0. The average molecular weight is 283 g/mol. The lowest BCUT2D eigenvalue weighted by Crippen LogP contribution is -2.49. The Labute approximate surface area is 119 Å². The maximum absolute atomic E-state index is 13.0. The summed E-state index contributed by atoms with van der Waals surface area (Å²) >= 11 is 0. The van der Waals surface area contributed by atoms with E-state index in [1.807, 2.05) is 6.92 Å². The van der Waals surface area contributed by atoms with Gasteiger partial charge in [-0.15, -0.1) is 0 Å². The van der Waals surface area contributed by atoms with Crippen molar-refractivity contribution in [3.8, 4) is 5.75 Å². The fraction of sp³-hybridized carbons (Fsp3) is 0.533. The smallest absolute Gasteiger partial charge is 0.325 e. The number of hydrogen-bond donors (Lipinski definition) is 1. The predicted octanol–water partition coefficient (Wildman–Crippen LogP) is 2.57. The van der Waals surface area contributed by atoms with E-state index in [1.165, 1.54) is 12.1 Å². The predicted molar refractivity (Wildman–Crippen MR) is 75.1 cm³/mol. The molecule has 1 aromatic carbocycles. The number of nitrogens with two attached hydrogens (primary N) is 1. The Morgan fingerprint density at radius 2 is 2.15 bits per heavy atom. The first-order valence-electron chi connectivity index (χ1n) is 6.65. The zero-order valence-electron chi connectivity index (χ0n) is 12.4. The second kappa shape index (κ2) is 6.70. The fourth-order valence-electron chi connectivity index (χ4n) is 1.98. The molecular weight excluding hydrogens is 261 g/mol.